The van der Waals surface area contributed by atoms with E-state index in [1.54, 1.807) is 19.2 Å². The summed E-state index contributed by atoms with van der Waals surface area (Å²) in [6, 6.07) is 3.39. The van der Waals surface area contributed by atoms with Crippen LogP contribution >= 0.6 is 0 Å². The van der Waals surface area contributed by atoms with Crippen LogP contribution in [0, 0.1) is 12.8 Å². The van der Waals surface area contributed by atoms with Crippen molar-refractivity contribution in [3.8, 4) is 5.75 Å². The number of hydrogen-bond acceptors (Lipinski definition) is 6. The maximum absolute atomic E-state index is 12.9. The van der Waals surface area contributed by atoms with Crippen LogP contribution in [-0.2, 0) is 22.6 Å². The van der Waals surface area contributed by atoms with Crippen molar-refractivity contribution in [1.82, 2.24) is 25.0 Å². The van der Waals surface area contributed by atoms with Crippen LogP contribution in [0.1, 0.15) is 50.2 Å². The number of hydrogen-bond donors (Lipinski definition) is 2. The smallest absolute Gasteiger partial charge is 0.223 e. The Balaban J connectivity index is 1.76. The minimum atomic E-state index is -0.290. The van der Waals surface area contributed by atoms with Gasteiger partial charge in [0, 0.05) is 55.5 Å². The molecule has 0 spiro atoms. The first-order chi connectivity index (χ1) is 14.2. The first kappa shape index (κ1) is 22.2. The Bertz CT molecular complexity index is 874. The molecular formula is C22H33N5O3. The Kier molecular flexibility index (Phi) is 6.77. The van der Waals surface area contributed by atoms with Crippen LogP contribution in [0.4, 0.5) is 0 Å². The van der Waals surface area contributed by atoms with E-state index in [1.165, 1.54) is 0 Å². The van der Waals surface area contributed by atoms with E-state index in [2.05, 4.69) is 36.2 Å². The van der Waals surface area contributed by atoms with Gasteiger partial charge in [-0.1, -0.05) is 0 Å². The molecule has 30 heavy (non-hydrogen) atoms. The molecule has 1 fully saturated rings. The van der Waals surface area contributed by atoms with Gasteiger partial charge in [0.25, 0.3) is 0 Å². The van der Waals surface area contributed by atoms with Gasteiger partial charge < -0.3 is 20.1 Å². The number of nitrogens with zero attached hydrogens (tertiary/aromatic N) is 4. The van der Waals surface area contributed by atoms with E-state index in [-0.39, 0.29) is 29.2 Å². The highest BCUT2D eigenvalue weighted by Gasteiger charge is 2.45. The third kappa shape index (κ3) is 4.99. The number of ether oxygens (including phenoxy) is 1. The number of nitrogens with one attached hydrogen (secondary N) is 1. The Morgan fingerprint density at radius 1 is 1.33 bits per heavy atom. The summed E-state index contributed by atoms with van der Waals surface area (Å²) in [5.74, 6) is 0.437. The van der Waals surface area contributed by atoms with Crippen LogP contribution in [-0.4, -0.2) is 56.5 Å². The molecule has 8 nitrogen and oxygen atoms in total. The van der Waals surface area contributed by atoms with E-state index in [4.69, 9.17) is 4.74 Å². The fraction of sp³-hybridized carbons (Fsp3) is 0.591. The summed E-state index contributed by atoms with van der Waals surface area (Å²) in [6.07, 6.45) is 4.35. The molecule has 0 aliphatic carbocycles. The fourth-order valence-corrected chi connectivity index (χ4v) is 4.15. The summed E-state index contributed by atoms with van der Waals surface area (Å²) < 4.78 is 7.01. The van der Waals surface area contributed by atoms with Gasteiger partial charge in [0.05, 0.1) is 31.1 Å². The lowest BCUT2D eigenvalue weighted by Gasteiger charge is -2.38. The Hall–Kier alpha value is -2.45. The van der Waals surface area contributed by atoms with Gasteiger partial charge in [-0.3, -0.25) is 14.5 Å². The van der Waals surface area contributed by atoms with Crippen LogP contribution in [0.15, 0.2) is 24.5 Å². The number of aryl methyl sites for hydroxylation is 1. The van der Waals surface area contributed by atoms with Crippen molar-refractivity contribution in [3.05, 3.63) is 41.5 Å². The summed E-state index contributed by atoms with van der Waals surface area (Å²) in [6.45, 7) is 10.5. The molecule has 0 radical (unpaired) electrons. The lowest BCUT2D eigenvalue weighted by Crippen LogP contribution is -2.44. The fourth-order valence-electron chi connectivity index (χ4n) is 4.15. The van der Waals surface area contributed by atoms with Crippen molar-refractivity contribution in [2.24, 2.45) is 5.92 Å². The molecule has 0 aromatic carbocycles. The van der Waals surface area contributed by atoms with Crippen molar-refractivity contribution in [3.63, 3.8) is 0 Å². The van der Waals surface area contributed by atoms with Crippen molar-refractivity contribution in [2.75, 3.05) is 20.3 Å². The second-order valence-corrected chi connectivity index (χ2v) is 8.92. The SMILES string of the molecule is COCCn1cc([C@H]2[C@H](CNCc3nc(C)ccc3O)CC(=O)N2C(C)(C)C)cn1. The molecule has 0 bridgehead atoms. The minimum absolute atomic E-state index is 0.0552. The molecule has 2 N–H and O–H groups in total. The number of carbonyl (C=O) groups is 1. The van der Waals surface area contributed by atoms with Crippen molar-refractivity contribution < 1.29 is 14.6 Å². The predicted octanol–water partition coefficient (Wildman–Crippen LogP) is 2.42. The van der Waals surface area contributed by atoms with Gasteiger partial charge in [0.1, 0.15) is 5.75 Å². The van der Waals surface area contributed by atoms with E-state index in [9.17, 15) is 9.90 Å². The number of carbonyl (C=O) groups excluding carboxylic acids is 1. The molecule has 2 atom stereocenters. The summed E-state index contributed by atoms with van der Waals surface area (Å²) in [7, 11) is 1.67. The van der Waals surface area contributed by atoms with Gasteiger partial charge in [-0.15, -0.1) is 0 Å². The molecule has 0 unspecified atom stereocenters. The molecule has 2 aromatic heterocycles. The molecule has 0 saturated carbocycles. The van der Waals surface area contributed by atoms with E-state index in [0.717, 1.165) is 11.3 Å². The van der Waals surface area contributed by atoms with Gasteiger partial charge in [-0.2, -0.15) is 5.10 Å². The van der Waals surface area contributed by atoms with Crippen LogP contribution in [0.25, 0.3) is 0 Å². The highest BCUT2D eigenvalue weighted by atomic mass is 16.5. The molecule has 1 aliphatic rings. The Morgan fingerprint density at radius 2 is 2.10 bits per heavy atom. The molecular weight excluding hydrogens is 382 g/mol. The van der Waals surface area contributed by atoms with Crippen LogP contribution in [0.2, 0.25) is 0 Å². The molecule has 1 saturated heterocycles. The zero-order valence-electron chi connectivity index (χ0n) is 18.6. The van der Waals surface area contributed by atoms with Crippen molar-refractivity contribution in [1.29, 1.82) is 0 Å². The second-order valence-electron chi connectivity index (χ2n) is 8.92. The maximum Gasteiger partial charge on any atom is 0.223 e. The molecule has 8 heteroatoms. The number of aromatic hydroxyl groups is 1. The number of likely N-dealkylation sites (tertiary alicyclic amines) is 1. The van der Waals surface area contributed by atoms with Gasteiger partial charge in [0.2, 0.25) is 5.91 Å². The number of rotatable bonds is 8. The standard InChI is InChI=1S/C22H33N5O3/c1-15-6-7-19(28)18(25-15)13-23-11-16-10-20(29)27(22(2,3)4)21(16)17-12-24-26(14-17)8-9-30-5/h6-7,12,14,16,21,23,28H,8-11,13H2,1-5H3/t16-,21+/m0/s1. The average Bonchev–Trinajstić information content (AvgIpc) is 3.26. The third-order valence-corrected chi connectivity index (χ3v) is 5.46. The van der Waals surface area contributed by atoms with Gasteiger partial charge >= 0.3 is 0 Å². The van der Waals surface area contributed by atoms with E-state index in [1.807, 2.05) is 28.9 Å². The molecule has 3 rings (SSSR count). The first-order valence-electron chi connectivity index (χ1n) is 10.4. The van der Waals surface area contributed by atoms with E-state index >= 15 is 0 Å². The Labute approximate surface area is 178 Å². The Morgan fingerprint density at radius 3 is 2.80 bits per heavy atom. The van der Waals surface area contributed by atoms with Crippen molar-refractivity contribution >= 4 is 5.91 Å². The van der Waals surface area contributed by atoms with Crippen LogP contribution in [0.5, 0.6) is 5.75 Å². The van der Waals surface area contributed by atoms with E-state index in [0.29, 0.717) is 38.4 Å². The zero-order valence-corrected chi connectivity index (χ0v) is 18.6. The van der Waals surface area contributed by atoms with Crippen molar-refractivity contribution in [2.45, 2.75) is 58.8 Å². The lowest BCUT2D eigenvalue weighted by molar-refractivity contribution is -0.133. The number of aromatic nitrogens is 3. The van der Waals surface area contributed by atoms with Crippen LogP contribution < -0.4 is 5.32 Å². The van der Waals surface area contributed by atoms with Crippen LogP contribution in [0.3, 0.4) is 0 Å². The third-order valence-electron chi connectivity index (χ3n) is 5.46. The molecule has 2 aromatic rings. The number of amides is 1. The monoisotopic (exact) mass is 415 g/mol. The second kappa shape index (κ2) is 9.14. The highest BCUT2D eigenvalue weighted by Crippen LogP contribution is 2.42. The normalized spacial score (nSPS) is 19.6. The van der Waals surface area contributed by atoms with E-state index < -0.39 is 0 Å². The summed E-state index contributed by atoms with van der Waals surface area (Å²) in [4.78, 5) is 19.3. The molecule has 164 valence electrons. The first-order valence-corrected chi connectivity index (χ1v) is 10.4. The lowest BCUT2D eigenvalue weighted by atomic mass is 9.93. The zero-order chi connectivity index (χ0) is 21.9. The average molecular weight is 416 g/mol. The predicted molar refractivity (Wildman–Crippen MR) is 114 cm³/mol. The molecule has 3 heterocycles. The van der Waals surface area contributed by atoms with Gasteiger partial charge in [-0.05, 0) is 39.8 Å². The van der Waals surface area contributed by atoms with Gasteiger partial charge in [-0.25, -0.2) is 0 Å². The van der Waals surface area contributed by atoms with Gasteiger partial charge in [0.15, 0.2) is 0 Å². The molecule has 1 amide bonds. The summed E-state index contributed by atoms with van der Waals surface area (Å²) >= 11 is 0. The summed E-state index contributed by atoms with van der Waals surface area (Å²) in [5.41, 5.74) is 2.23. The maximum atomic E-state index is 12.9. The quantitative estimate of drug-likeness (QED) is 0.688. The number of methoxy groups -OCH3 is 1. The number of pyridine rings is 1. The minimum Gasteiger partial charge on any atom is -0.506 e. The topological polar surface area (TPSA) is 92.5 Å². The summed E-state index contributed by atoms with van der Waals surface area (Å²) in [5, 5.41) is 17.9. The largest absolute Gasteiger partial charge is 0.506 e. The highest BCUT2D eigenvalue weighted by molar-refractivity contribution is 5.80. The molecule has 1 aliphatic heterocycles.